The van der Waals surface area contributed by atoms with Gasteiger partial charge in [-0.3, -0.25) is 4.79 Å². The monoisotopic (exact) mass is 528 g/mol. The van der Waals surface area contributed by atoms with Gasteiger partial charge in [0, 0.05) is 24.3 Å². The number of anilines is 1. The van der Waals surface area contributed by atoms with Crippen molar-refractivity contribution in [1.82, 2.24) is 4.90 Å². The Morgan fingerprint density at radius 2 is 1.90 bits per heavy atom. The van der Waals surface area contributed by atoms with Crippen molar-refractivity contribution in [3.63, 3.8) is 0 Å². The topological polar surface area (TPSA) is 50.8 Å². The highest BCUT2D eigenvalue weighted by molar-refractivity contribution is 14.1. The van der Waals surface area contributed by atoms with Crippen molar-refractivity contribution >= 4 is 51.4 Å². The first kappa shape index (κ1) is 21.8. The summed E-state index contributed by atoms with van der Waals surface area (Å²) >= 11 is 7.82. The number of amides is 1. The molecule has 1 heterocycles. The number of likely N-dealkylation sites (tertiary alicyclic amines) is 1. The number of thiocarbonyl (C=S) groups is 1. The molecule has 5 nitrogen and oxygen atoms in total. The fraction of sp³-hybridized carbons (Fsp3) is 0.333. The average molecular weight is 528 g/mol. The lowest BCUT2D eigenvalue weighted by molar-refractivity contribution is -0.118. The average Bonchev–Trinajstić information content (AvgIpc) is 3.23. The number of benzene rings is 2. The van der Waals surface area contributed by atoms with Crippen molar-refractivity contribution < 1.29 is 18.7 Å². The zero-order valence-corrected chi connectivity index (χ0v) is 19.0. The summed E-state index contributed by atoms with van der Waals surface area (Å²) in [6.45, 7) is 4.11. The number of rotatable bonds is 7. The number of carbonyl (C=O) groups is 1. The summed E-state index contributed by atoms with van der Waals surface area (Å²) in [4.78, 5) is 15.2. The second-order valence-electron chi connectivity index (χ2n) is 6.56. The first-order chi connectivity index (χ1) is 14.0. The Morgan fingerprint density at radius 1 is 1.21 bits per heavy atom. The molecule has 1 aliphatic heterocycles. The van der Waals surface area contributed by atoms with E-state index in [2.05, 4.69) is 32.8 Å². The van der Waals surface area contributed by atoms with Gasteiger partial charge in [-0.15, -0.1) is 0 Å². The van der Waals surface area contributed by atoms with Crippen molar-refractivity contribution in [2.75, 3.05) is 31.6 Å². The van der Waals surface area contributed by atoms with E-state index in [0.717, 1.165) is 40.1 Å². The summed E-state index contributed by atoms with van der Waals surface area (Å²) in [5.74, 6) is 0.369. The summed E-state index contributed by atoms with van der Waals surface area (Å²) in [6.07, 6.45) is 2.31. The lowest BCUT2D eigenvalue weighted by atomic mass is 10.2. The molecule has 0 saturated carbocycles. The van der Waals surface area contributed by atoms with E-state index < -0.39 is 0 Å². The summed E-state index contributed by atoms with van der Waals surface area (Å²) < 4.78 is 25.3. The van der Waals surface area contributed by atoms with Crippen molar-refractivity contribution in [2.24, 2.45) is 0 Å². The van der Waals surface area contributed by atoms with Gasteiger partial charge in [-0.05, 0) is 78.8 Å². The Morgan fingerprint density at radius 3 is 2.55 bits per heavy atom. The van der Waals surface area contributed by atoms with E-state index in [9.17, 15) is 9.18 Å². The number of halogens is 2. The third kappa shape index (κ3) is 5.79. The van der Waals surface area contributed by atoms with Gasteiger partial charge in [-0.1, -0.05) is 12.2 Å². The minimum absolute atomic E-state index is 0.191. The molecule has 8 heteroatoms. The standard InChI is InChI=1S/C21H22FIN2O3S/c1-2-27-18-12-14(21(29)25-9-3-4-10-25)11-17(23)20(18)28-13-19(26)24-16-7-5-15(22)6-8-16/h5-8,11-12H,2-4,9-10,13H2,1H3,(H,24,26). The van der Waals surface area contributed by atoms with Crippen LogP contribution in [0.4, 0.5) is 10.1 Å². The van der Waals surface area contributed by atoms with E-state index in [1.807, 2.05) is 19.1 Å². The van der Waals surface area contributed by atoms with E-state index >= 15 is 0 Å². The van der Waals surface area contributed by atoms with E-state index in [1.54, 1.807) is 0 Å². The number of hydrogen-bond acceptors (Lipinski definition) is 4. The van der Waals surface area contributed by atoms with Crippen molar-refractivity contribution in [1.29, 1.82) is 0 Å². The Bertz CT molecular complexity index is 886. The molecule has 0 atom stereocenters. The van der Waals surface area contributed by atoms with Gasteiger partial charge >= 0.3 is 0 Å². The largest absolute Gasteiger partial charge is 0.490 e. The molecule has 3 rings (SSSR count). The van der Waals surface area contributed by atoms with Crippen molar-refractivity contribution in [2.45, 2.75) is 19.8 Å². The van der Waals surface area contributed by atoms with Crippen LogP contribution in [0.15, 0.2) is 36.4 Å². The zero-order chi connectivity index (χ0) is 20.8. The molecule has 1 saturated heterocycles. The van der Waals surface area contributed by atoms with Crippen LogP contribution in [0.5, 0.6) is 11.5 Å². The second kappa shape index (κ2) is 10.2. The van der Waals surface area contributed by atoms with Crippen molar-refractivity contribution in [3.05, 3.63) is 51.3 Å². The van der Waals surface area contributed by atoms with E-state index in [1.165, 1.54) is 24.3 Å². The lowest BCUT2D eigenvalue weighted by Crippen LogP contribution is -2.27. The minimum atomic E-state index is -0.359. The van der Waals surface area contributed by atoms with Crippen LogP contribution in [-0.2, 0) is 4.79 Å². The van der Waals surface area contributed by atoms with Crippen LogP contribution < -0.4 is 14.8 Å². The van der Waals surface area contributed by atoms with E-state index in [0.29, 0.717) is 23.8 Å². The molecule has 1 aliphatic rings. The molecular formula is C21H22FIN2O3S. The summed E-state index contributed by atoms with van der Waals surface area (Å²) in [5, 5.41) is 2.68. The molecule has 29 heavy (non-hydrogen) atoms. The number of hydrogen-bond donors (Lipinski definition) is 1. The van der Waals surface area contributed by atoms with Crippen LogP contribution in [0.3, 0.4) is 0 Å². The maximum Gasteiger partial charge on any atom is 0.262 e. The molecule has 2 aromatic carbocycles. The smallest absolute Gasteiger partial charge is 0.262 e. The Kier molecular flexibility index (Phi) is 7.65. The lowest BCUT2D eigenvalue weighted by Gasteiger charge is -2.21. The Labute approximate surface area is 188 Å². The summed E-state index contributed by atoms with van der Waals surface area (Å²) in [5.41, 5.74) is 1.42. The third-order valence-corrected chi connectivity index (χ3v) is 5.72. The number of carbonyl (C=O) groups excluding carboxylic acids is 1. The van der Waals surface area contributed by atoms with Crippen LogP contribution in [0.25, 0.3) is 0 Å². The fourth-order valence-corrected chi connectivity index (χ4v) is 4.12. The third-order valence-electron chi connectivity index (χ3n) is 4.43. The second-order valence-corrected chi connectivity index (χ2v) is 8.11. The highest BCUT2D eigenvalue weighted by atomic mass is 127. The fourth-order valence-electron chi connectivity index (χ4n) is 3.07. The Hall–Kier alpha value is -1.94. The van der Waals surface area contributed by atoms with Gasteiger partial charge in [0.05, 0.1) is 10.2 Å². The van der Waals surface area contributed by atoms with Gasteiger partial charge in [0.25, 0.3) is 5.91 Å². The van der Waals surface area contributed by atoms with Gasteiger partial charge in [0.15, 0.2) is 18.1 Å². The molecule has 0 radical (unpaired) electrons. The quantitative estimate of drug-likeness (QED) is 0.420. The first-order valence-electron chi connectivity index (χ1n) is 9.41. The molecule has 0 aliphatic carbocycles. The molecule has 0 bridgehead atoms. The minimum Gasteiger partial charge on any atom is -0.490 e. The first-order valence-corrected chi connectivity index (χ1v) is 10.9. The van der Waals surface area contributed by atoms with Gasteiger partial charge in [0.1, 0.15) is 10.8 Å². The van der Waals surface area contributed by atoms with Crippen LogP contribution in [0.1, 0.15) is 25.3 Å². The molecule has 1 N–H and O–H groups in total. The Balaban J connectivity index is 1.71. The molecule has 0 unspecified atom stereocenters. The van der Waals surface area contributed by atoms with Crippen LogP contribution in [-0.4, -0.2) is 42.1 Å². The molecule has 0 aromatic heterocycles. The van der Waals surface area contributed by atoms with E-state index in [4.69, 9.17) is 21.7 Å². The normalized spacial score (nSPS) is 13.3. The number of ether oxygens (including phenoxy) is 2. The van der Waals surface area contributed by atoms with Gasteiger partial charge in [-0.2, -0.15) is 0 Å². The molecule has 0 spiro atoms. The van der Waals surface area contributed by atoms with Crippen LogP contribution >= 0.6 is 34.8 Å². The van der Waals surface area contributed by atoms with Crippen molar-refractivity contribution in [3.8, 4) is 11.5 Å². The number of nitrogens with one attached hydrogen (secondary N) is 1. The molecule has 1 amide bonds. The molecule has 1 fully saturated rings. The predicted molar refractivity (Wildman–Crippen MR) is 123 cm³/mol. The molecule has 154 valence electrons. The molecular weight excluding hydrogens is 506 g/mol. The number of nitrogens with zero attached hydrogens (tertiary/aromatic N) is 1. The van der Waals surface area contributed by atoms with E-state index in [-0.39, 0.29) is 18.3 Å². The molecule has 2 aromatic rings. The summed E-state index contributed by atoms with van der Waals surface area (Å²) in [6, 6.07) is 9.40. The predicted octanol–water partition coefficient (Wildman–Crippen LogP) is 4.62. The van der Waals surface area contributed by atoms with Crippen LogP contribution in [0.2, 0.25) is 0 Å². The SMILES string of the molecule is CCOc1cc(C(=S)N2CCCC2)cc(I)c1OCC(=O)Nc1ccc(F)cc1. The van der Waals surface area contributed by atoms with Gasteiger partial charge in [-0.25, -0.2) is 4.39 Å². The van der Waals surface area contributed by atoms with Gasteiger partial charge in [0.2, 0.25) is 0 Å². The highest BCUT2D eigenvalue weighted by Gasteiger charge is 2.20. The maximum absolute atomic E-state index is 13.0. The zero-order valence-electron chi connectivity index (χ0n) is 16.0. The maximum atomic E-state index is 13.0. The summed E-state index contributed by atoms with van der Waals surface area (Å²) in [7, 11) is 0. The van der Waals surface area contributed by atoms with Crippen LogP contribution in [0, 0.1) is 9.39 Å². The van der Waals surface area contributed by atoms with Gasteiger partial charge < -0.3 is 19.7 Å². The highest BCUT2D eigenvalue weighted by Crippen LogP contribution is 2.35.